The summed E-state index contributed by atoms with van der Waals surface area (Å²) >= 11 is 0.544. The normalized spacial score (nSPS) is 19.5. The molecule has 0 radical (unpaired) electrons. The standard InChI is InChI=1S/C5H3F3OS/c6-5(7,8)4-1-3(9)2-10-4/h1H,2H2. The number of ketones is 1. The molecule has 1 aliphatic heterocycles. The molecule has 1 aliphatic rings. The summed E-state index contributed by atoms with van der Waals surface area (Å²) in [7, 11) is 0. The van der Waals surface area contributed by atoms with Crippen molar-refractivity contribution in [2.45, 2.75) is 6.18 Å². The lowest BCUT2D eigenvalue weighted by Gasteiger charge is -2.03. The number of thioether (sulfide) groups is 1. The van der Waals surface area contributed by atoms with Crippen molar-refractivity contribution >= 4 is 17.5 Å². The van der Waals surface area contributed by atoms with E-state index in [1.807, 2.05) is 0 Å². The van der Waals surface area contributed by atoms with Crippen LogP contribution < -0.4 is 0 Å². The van der Waals surface area contributed by atoms with E-state index in [1.165, 1.54) is 0 Å². The topological polar surface area (TPSA) is 17.1 Å². The SMILES string of the molecule is O=C1C=C(C(F)(F)F)SC1. The van der Waals surface area contributed by atoms with Crippen molar-refractivity contribution in [3.63, 3.8) is 0 Å². The average molecular weight is 168 g/mol. The third-order valence-electron chi connectivity index (χ3n) is 0.941. The lowest BCUT2D eigenvalue weighted by molar-refractivity contribution is -0.112. The van der Waals surface area contributed by atoms with Gasteiger partial charge in [-0.1, -0.05) is 0 Å². The van der Waals surface area contributed by atoms with Crippen molar-refractivity contribution in [1.29, 1.82) is 0 Å². The van der Waals surface area contributed by atoms with E-state index >= 15 is 0 Å². The highest BCUT2D eigenvalue weighted by Crippen LogP contribution is 2.37. The van der Waals surface area contributed by atoms with E-state index < -0.39 is 16.9 Å². The van der Waals surface area contributed by atoms with Gasteiger partial charge in [-0.15, -0.1) is 11.8 Å². The van der Waals surface area contributed by atoms with E-state index in [1.54, 1.807) is 0 Å². The van der Waals surface area contributed by atoms with Crippen molar-refractivity contribution in [2.24, 2.45) is 0 Å². The van der Waals surface area contributed by atoms with Gasteiger partial charge in [0.25, 0.3) is 0 Å². The molecule has 0 saturated heterocycles. The molecule has 0 saturated carbocycles. The van der Waals surface area contributed by atoms with Crippen LogP contribution in [-0.2, 0) is 4.79 Å². The smallest absolute Gasteiger partial charge is 0.294 e. The molecule has 1 nitrogen and oxygen atoms in total. The van der Waals surface area contributed by atoms with Crippen LogP contribution in [0.4, 0.5) is 13.2 Å². The first kappa shape index (κ1) is 7.65. The Balaban J connectivity index is 2.76. The van der Waals surface area contributed by atoms with Crippen LogP contribution in [0, 0.1) is 0 Å². The summed E-state index contributed by atoms with van der Waals surface area (Å²) in [6.45, 7) is 0. The zero-order valence-corrected chi connectivity index (χ0v) is 5.55. The number of rotatable bonds is 0. The first-order valence-electron chi connectivity index (χ1n) is 2.44. The van der Waals surface area contributed by atoms with Crippen LogP contribution >= 0.6 is 11.8 Å². The van der Waals surface area contributed by atoms with Gasteiger partial charge in [0, 0.05) is 6.08 Å². The quantitative estimate of drug-likeness (QED) is 0.548. The Bertz CT molecular complexity index is 194. The summed E-state index contributed by atoms with van der Waals surface area (Å²) in [6.07, 6.45) is -3.69. The van der Waals surface area contributed by atoms with Gasteiger partial charge < -0.3 is 0 Å². The molecule has 0 atom stereocenters. The number of carbonyl (C=O) groups is 1. The minimum absolute atomic E-state index is 0.0746. The van der Waals surface area contributed by atoms with Crippen LogP contribution in [0.2, 0.25) is 0 Å². The second kappa shape index (κ2) is 2.30. The molecule has 10 heavy (non-hydrogen) atoms. The Kier molecular flexibility index (Phi) is 1.76. The van der Waals surface area contributed by atoms with Gasteiger partial charge in [-0.25, -0.2) is 0 Å². The van der Waals surface area contributed by atoms with E-state index in [0.717, 1.165) is 0 Å². The van der Waals surface area contributed by atoms with E-state index in [4.69, 9.17) is 0 Å². The van der Waals surface area contributed by atoms with Crippen LogP contribution in [0.5, 0.6) is 0 Å². The molecular formula is C5H3F3OS. The Morgan fingerprint density at radius 1 is 1.50 bits per heavy atom. The molecule has 0 bridgehead atoms. The van der Waals surface area contributed by atoms with Gasteiger partial charge >= 0.3 is 6.18 Å². The summed E-state index contributed by atoms with van der Waals surface area (Å²) in [5.74, 6) is -0.535. The van der Waals surface area contributed by atoms with E-state index in [2.05, 4.69) is 0 Å². The van der Waals surface area contributed by atoms with Crippen molar-refractivity contribution in [2.75, 3.05) is 5.75 Å². The van der Waals surface area contributed by atoms with Crippen LogP contribution in [0.25, 0.3) is 0 Å². The predicted octanol–water partition coefficient (Wildman–Crippen LogP) is 1.75. The summed E-state index contributed by atoms with van der Waals surface area (Å²) < 4.78 is 35.1. The predicted molar refractivity (Wildman–Crippen MR) is 31.6 cm³/mol. The molecule has 1 heterocycles. The molecule has 0 aliphatic carbocycles. The molecule has 0 fully saturated rings. The molecule has 0 spiro atoms. The molecule has 0 amide bonds. The van der Waals surface area contributed by atoms with Crippen LogP contribution in [-0.4, -0.2) is 17.7 Å². The van der Waals surface area contributed by atoms with E-state index in [9.17, 15) is 18.0 Å². The highest BCUT2D eigenvalue weighted by Gasteiger charge is 2.37. The molecule has 1 rings (SSSR count). The monoisotopic (exact) mass is 168 g/mol. The first-order valence-corrected chi connectivity index (χ1v) is 3.43. The van der Waals surface area contributed by atoms with Gasteiger partial charge in [0.15, 0.2) is 5.78 Å². The van der Waals surface area contributed by atoms with E-state index in [0.29, 0.717) is 17.8 Å². The lowest BCUT2D eigenvalue weighted by atomic mass is 10.4. The Morgan fingerprint density at radius 2 is 2.10 bits per heavy atom. The highest BCUT2D eigenvalue weighted by molar-refractivity contribution is 8.04. The van der Waals surface area contributed by atoms with Crippen molar-refractivity contribution in [3.05, 3.63) is 11.0 Å². The molecule has 5 heteroatoms. The largest absolute Gasteiger partial charge is 0.422 e. The molecule has 0 aromatic heterocycles. The summed E-state index contributed by atoms with van der Waals surface area (Å²) in [5, 5.41) is 0. The minimum atomic E-state index is -4.34. The minimum Gasteiger partial charge on any atom is -0.294 e. The van der Waals surface area contributed by atoms with Gasteiger partial charge in [-0.2, -0.15) is 13.2 Å². The van der Waals surface area contributed by atoms with E-state index in [-0.39, 0.29) is 5.75 Å². The Hall–Kier alpha value is -0.450. The number of hydrogen-bond donors (Lipinski definition) is 0. The zero-order chi connectivity index (χ0) is 7.78. The van der Waals surface area contributed by atoms with Crippen LogP contribution in [0.3, 0.4) is 0 Å². The fourth-order valence-corrected chi connectivity index (χ4v) is 1.30. The fraction of sp³-hybridized carbons (Fsp3) is 0.400. The maximum absolute atomic E-state index is 11.7. The molecule has 56 valence electrons. The second-order valence-corrected chi connectivity index (χ2v) is 2.78. The lowest BCUT2D eigenvalue weighted by Crippen LogP contribution is -2.07. The molecule has 0 aromatic rings. The van der Waals surface area contributed by atoms with Crippen molar-refractivity contribution in [3.8, 4) is 0 Å². The number of allylic oxidation sites excluding steroid dienone is 2. The van der Waals surface area contributed by atoms with Crippen LogP contribution in [0.15, 0.2) is 11.0 Å². The molecule has 0 N–H and O–H groups in total. The number of halogens is 3. The highest BCUT2D eigenvalue weighted by atomic mass is 32.2. The van der Waals surface area contributed by atoms with Crippen molar-refractivity contribution < 1.29 is 18.0 Å². The summed E-state index contributed by atoms with van der Waals surface area (Å²) in [4.78, 5) is 9.52. The third kappa shape index (κ3) is 1.53. The second-order valence-electron chi connectivity index (χ2n) is 1.76. The van der Waals surface area contributed by atoms with Gasteiger partial charge in [-0.3, -0.25) is 4.79 Å². The third-order valence-corrected chi connectivity index (χ3v) is 2.03. The average Bonchev–Trinajstić information content (AvgIpc) is 2.11. The number of hydrogen-bond acceptors (Lipinski definition) is 2. The summed E-state index contributed by atoms with van der Waals surface area (Å²) in [6, 6.07) is 0. The number of alkyl halides is 3. The number of carbonyl (C=O) groups excluding carboxylic acids is 1. The van der Waals surface area contributed by atoms with Gasteiger partial charge in [0.2, 0.25) is 0 Å². The van der Waals surface area contributed by atoms with Gasteiger partial charge in [-0.05, 0) is 0 Å². The van der Waals surface area contributed by atoms with Crippen LogP contribution in [0.1, 0.15) is 0 Å². The summed E-state index contributed by atoms with van der Waals surface area (Å²) in [5.41, 5.74) is 0. The van der Waals surface area contributed by atoms with Gasteiger partial charge in [0.05, 0.1) is 10.7 Å². The molecule has 0 aromatic carbocycles. The Morgan fingerprint density at radius 3 is 2.30 bits per heavy atom. The first-order chi connectivity index (χ1) is 4.50. The van der Waals surface area contributed by atoms with Crippen molar-refractivity contribution in [1.82, 2.24) is 0 Å². The Labute approximate surface area is 59.3 Å². The maximum Gasteiger partial charge on any atom is 0.422 e. The molecular weight excluding hydrogens is 165 g/mol. The maximum atomic E-state index is 11.7. The molecule has 0 unspecified atom stereocenters. The fourth-order valence-electron chi connectivity index (χ4n) is 0.542. The zero-order valence-electron chi connectivity index (χ0n) is 4.73. The van der Waals surface area contributed by atoms with Gasteiger partial charge in [0.1, 0.15) is 0 Å².